The first-order chi connectivity index (χ1) is 13.1. The Bertz CT molecular complexity index is 413. The summed E-state index contributed by atoms with van der Waals surface area (Å²) in [6.45, 7) is 12.6. The van der Waals surface area contributed by atoms with Gasteiger partial charge in [-0.05, 0) is 38.6 Å². The molecule has 27 heavy (non-hydrogen) atoms. The van der Waals surface area contributed by atoms with Crippen LogP contribution in [0.5, 0.6) is 0 Å². The first-order valence-electron chi connectivity index (χ1n) is 11.8. The lowest BCUT2D eigenvalue weighted by Gasteiger charge is -2.47. The molecule has 2 aliphatic heterocycles. The minimum absolute atomic E-state index is 0.00343. The quantitative estimate of drug-likeness (QED) is 0.480. The molecule has 2 rings (SSSR count). The highest BCUT2D eigenvalue weighted by molar-refractivity contribution is 5.79. The van der Waals surface area contributed by atoms with E-state index in [1.807, 2.05) is 0 Å². The van der Waals surface area contributed by atoms with E-state index in [0.29, 0.717) is 5.91 Å². The molecular formula is C23H44N2O2. The van der Waals surface area contributed by atoms with Gasteiger partial charge in [0.05, 0.1) is 12.2 Å². The number of rotatable bonds is 11. The van der Waals surface area contributed by atoms with E-state index >= 15 is 0 Å². The maximum atomic E-state index is 12.9. The molecule has 0 aromatic rings. The average Bonchev–Trinajstić information content (AvgIpc) is 2.68. The largest absolute Gasteiger partial charge is 0.372 e. The molecule has 0 bridgehead atoms. The minimum Gasteiger partial charge on any atom is -0.372 e. The molecule has 4 nitrogen and oxygen atoms in total. The van der Waals surface area contributed by atoms with Gasteiger partial charge in [-0.3, -0.25) is 9.69 Å². The number of unbranched alkanes of at least 4 members (excludes halogenated alkanes) is 4. The Kier molecular flexibility index (Phi) is 10.1. The molecule has 0 radical (unpaired) electrons. The second kappa shape index (κ2) is 12.1. The van der Waals surface area contributed by atoms with Gasteiger partial charge >= 0.3 is 0 Å². The zero-order valence-corrected chi connectivity index (χ0v) is 18.3. The third-order valence-corrected chi connectivity index (χ3v) is 6.52. The van der Waals surface area contributed by atoms with Crippen molar-refractivity contribution in [1.82, 2.24) is 9.80 Å². The third kappa shape index (κ3) is 7.05. The van der Waals surface area contributed by atoms with E-state index in [9.17, 15) is 4.79 Å². The minimum atomic E-state index is 0.00343. The van der Waals surface area contributed by atoms with Gasteiger partial charge in [-0.15, -0.1) is 0 Å². The second-order valence-corrected chi connectivity index (χ2v) is 8.82. The number of carbonyl (C=O) groups excluding carboxylic acids is 1. The molecule has 2 heterocycles. The monoisotopic (exact) mass is 380 g/mol. The number of likely N-dealkylation sites (tertiary alicyclic amines) is 1. The molecule has 0 saturated carbocycles. The summed E-state index contributed by atoms with van der Waals surface area (Å²) >= 11 is 0. The summed E-state index contributed by atoms with van der Waals surface area (Å²) in [5.41, 5.74) is 0.00343. The molecule has 4 heteroatoms. The van der Waals surface area contributed by atoms with E-state index in [2.05, 4.69) is 30.6 Å². The Balaban J connectivity index is 1.78. The number of hydrogen-bond acceptors (Lipinski definition) is 3. The Labute approximate surface area is 168 Å². The number of morpholine rings is 1. The molecular weight excluding hydrogens is 336 g/mol. The van der Waals surface area contributed by atoms with Gasteiger partial charge in [-0.25, -0.2) is 0 Å². The molecule has 1 spiro atoms. The molecule has 2 saturated heterocycles. The van der Waals surface area contributed by atoms with Gasteiger partial charge in [-0.2, -0.15) is 0 Å². The van der Waals surface area contributed by atoms with E-state index in [-0.39, 0.29) is 11.5 Å². The molecule has 0 unspecified atom stereocenters. The van der Waals surface area contributed by atoms with Crippen LogP contribution in [-0.4, -0.2) is 60.6 Å². The predicted molar refractivity (Wildman–Crippen MR) is 113 cm³/mol. The Morgan fingerprint density at radius 1 is 0.926 bits per heavy atom. The fourth-order valence-corrected chi connectivity index (χ4v) is 4.84. The van der Waals surface area contributed by atoms with Crippen LogP contribution in [0.4, 0.5) is 0 Å². The molecule has 2 fully saturated rings. The van der Waals surface area contributed by atoms with Crippen molar-refractivity contribution in [3.05, 3.63) is 0 Å². The molecule has 0 aliphatic carbocycles. The van der Waals surface area contributed by atoms with E-state index < -0.39 is 0 Å². The highest BCUT2D eigenvalue weighted by atomic mass is 16.5. The van der Waals surface area contributed by atoms with Crippen LogP contribution in [0.1, 0.15) is 91.4 Å². The Morgan fingerprint density at radius 2 is 1.59 bits per heavy atom. The summed E-state index contributed by atoms with van der Waals surface area (Å²) in [7, 11) is 0. The number of nitrogens with zero attached hydrogens (tertiary/aromatic N) is 2. The van der Waals surface area contributed by atoms with Crippen molar-refractivity contribution in [1.29, 1.82) is 0 Å². The van der Waals surface area contributed by atoms with Gasteiger partial charge in [0.15, 0.2) is 0 Å². The second-order valence-electron chi connectivity index (χ2n) is 8.82. The van der Waals surface area contributed by atoms with Gasteiger partial charge in [0, 0.05) is 32.1 Å². The molecule has 2 aliphatic rings. The smallest absolute Gasteiger partial charge is 0.225 e. The first-order valence-corrected chi connectivity index (χ1v) is 11.8. The van der Waals surface area contributed by atoms with Crippen LogP contribution >= 0.6 is 0 Å². The van der Waals surface area contributed by atoms with Gasteiger partial charge < -0.3 is 9.64 Å². The summed E-state index contributed by atoms with van der Waals surface area (Å²) in [6, 6.07) is 0. The molecule has 1 amide bonds. The zero-order chi connectivity index (χ0) is 19.5. The van der Waals surface area contributed by atoms with E-state index in [0.717, 1.165) is 71.3 Å². The number of hydrogen-bond donors (Lipinski definition) is 0. The van der Waals surface area contributed by atoms with Crippen molar-refractivity contribution < 1.29 is 9.53 Å². The summed E-state index contributed by atoms with van der Waals surface area (Å²) in [6.07, 6.45) is 13.0. The Morgan fingerprint density at radius 3 is 2.22 bits per heavy atom. The highest BCUT2D eigenvalue weighted by Crippen LogP contribution is 2.31. The van der Waals surface area contributed by atoms with Gasteiger partial charge in [-0.1, -0.05) is 59.3 Å². The summed E-state index contributed by atoms with van der Waals surface area (Å²) < 4.78 is 6.29. The highest BCUT2D eigenvalue weighted by Gasteiger charge is 2.41. The van der Waals surface area contributed by atoms with Gasteiger partial charge in [0.25, 0.3) is 0 Å². The van der Waals surface area contributed by atoms with Crippen LogP contribution in [0.15, 0.2) is 0 Å². The van der Waals surface area contributed by atoms with Crippen LogP contribution in [-0.2, 0) is 9.53 Å². The summed E-state index contributed by atoms with van der Waals surface area (Å²) in [5.74, 6) is 0.637. The summed E-state index contributed by atoms with van der Waals surface area (Å²) in [4.78, 5) is 17.7. The molecule has 0 aromatic heterocycles. The van der Waals surface area contributed by atoms with Gasteiger partial charge in [0.2, 0.25) is 5.91 Å². The summed E-state index contributed by atoms with van der Waals surface area (Å²) in [5, 5.41) is 0. The first kappa shape index (κ1) is 22.7. The fourth-order valence-electron chi connectivity index (χ4n) is 4.84. The zero-order valence-electron chi connectivity index (χ0n) is 18.3. The average molecular weight is 381 g/mol. The van der Waals surface area contributed by atoms with Crippen molar-refractivity contribution in [2.24, 2.45) is 5.92 Å². The van der Waals surface area contributed by atoms with E-state index in [1.54, 1.807) is 0 Å². The van der Waals surface area contributed by atoms with Crippen molar-refractivity contribution in [2.45, 2.75) is 97.0 Å². The lowest BCUT2D eigenvalue weighted by atomic mass is 9.87. The normalized spacial score (nSPS) is 20.5. The van der Waals surface area contributed by atoms with Crippen LogP contribution in [0, 0.1) is 5.92 Å². The van der Waals surface area contributed by atoms with E-state index in [1.165, 1.54) is 38.6 Å². The van der Waals surface area contributed by atoms with Crippen LogP contribution in [0.3, 0.4) is 0 Å². The van der Waals surface area contributed by atoms with Gasteiger partial charge in [0.1, 0.15) is 0 Å². The maximum Gasteiger partial charge on any atom is 0.225 e. The standard InChI is InChI=1S/C23H44N2O2/c1-4-7-8-9-10-15-24-18-19-27-23(20-24)13-16-25(17-14-23)22(26)21(11-5-2)12-6-3/h21H,4-20H2,1-3H3. The lowest BCUT2D eigenvalue weighted by Crippen LogP contribution is -2.58. The van der Waals surface area contributed by atoms with E-state index in [4.69, 9.17) is 4.74 Å². The number of piperidine rings is 1. The molecule has 0 aromatic carbocycles. The van der Waals surface area contributed by atoms with Crippen molar-refractivity contribution in [3.8, 4) is 0 Å². The third-order valence-electron chi connectivity index (χ3n) is 6.52. The molecule has 0 atom stereocenters. The SMILES string of the molecule is CCCCCCCN1CCOC2(CCN(C(=O)C(CCC)CCC)CC2)C1. The lowest BCUT2D eigenvalue weighted by molar-refractivity contribution is -0.153. The van der Waals surface area contributed by atoms with Crippen molar-refractivity contribution in [2.75, 3.05) is 39.3 Å². The number of ether oxygens (including phenoxy) is 1. The van der Waals surface area contributed by atoms with Crippen molar-refractivity contribution in [3.63, 3.8) is 0 Å². The van der Waals surface area contributed by atoms with Crippen LogP contribution in [0.25, 0.3) is 0 Å². The molecule has 158 valence electrons. The number of amides is 1. The van der Waals surface area contributed by atoms with Crippen LogP contribution < -0.4 is 0 Å². The maximum absolute atomic E-state index is 12.9. The molecule has 0 N–H and O–H groups in total. The topological polar surface area (TPSA) is 32.8 Å². The van der Waals surface area contributed by atoms with Crippen molar-refractivity contribution >= 4 is 5.91 Å². The fraction of sp³-hybridized carbons (Fsp3) is 0.957. The predicted octanol–water partition coefficient (Wildman–Crippen LogP) is 4.87. The Hall–Kier alpha value is -0.610. The number of carbonyl (C=O) groups is 1. The van der Waals surface area contributed by atoms with Crippen LogP contribution in [0.2, 0.25) is 0 Å².